The second-order valence-corrected chi connectivity index (χ2v) is 9.04. The third kappa shape index (κ3) is 5.55. The van der Waals surface area contributed by atoms with Gasteiger partial charge in [-0.25, -0.2) is 0 Å². The second kappa shape index (κ2) is 10.3. The number of hydrogen-bond donors (Lipinski definition) is 1. The molecule has 0 unspecified atom stereocenters. The quantitative estimate of drug-likeness (QED) is 0.646. The summed E-state index contributed by atoms with van der Waals surface area (Å²) >= 11 is 6.04. The van der Waals surface area contributed by atoms with Gasteiger partial charge in [0.25, 0.3) is 5.91 Å². The number of halogens is 1. The van der Waals surface area contributed by atoms with Crippen LogP contribution in [-0.4, -0.2) is 43.5 Å². The SMILES string of the molecule is O=C(Nc1ccccc1N1CCC(CCN2CCCCC2)CC1)c1cccc(Cl)c1. The molecule has 2 saturated heterocycles. The first-order chi connectivity index (χ1) is 14.7. The Morgan fingerprint density at radius 3 is 2.50 bits per heavy atom. The minimum Gasteiger partial charge on any atom is -0.370 e. The van der Waals surface area contributed by atoms with Gasteiger partial charge >= 0.3 is 0 Å². The van der Waals surface area contributed by atoms with Gasteiger partial charge < -0.3 is 15.1 Å². The van der Waals surface area contributed by atoms with E-state index in [2.05, 4.69) is 21.2 Å². The first kappa shape index (κ1) is 21.2. The molecule has 2 heterocycles. The molecule has 5 heteroatoms. The van der Waals surface area contributed by atoms with Crippen molar-refractivity contribution < 1.29 is 4.79 Å². The molecule has 2 aromatic carbocycles. The van der Waals surface area contributed by atoms with Crippen LogP contribution in [-0.2, 0) is 0 Å². The number of hydrogen-bond acceptors (Lipinski definition) is 3. The molecule has 0 aliphatic carbocycles. The van der Waals surface area contributed by atoms with E-state index in [1.165, 1.54) is 58.2 Å². The second-order valence-electron chi connectivity index (χ2n) is 8.60. The zero-order valence-electron chi connectivity index (χ0n) is 17.7. The fraction of sp³-hybridized carbons (Fsp3) is 0.480. The summed E-state index contributed by atoms with van der Waals surface area (Å²) in [5.41, 5.74) is 2.56. The maximum Gasteiger partial charge on any atom is 0.255 e. The normalized spacial score (nSPS) is 18.4. The minimum atomic E-state index is -0.124. The molecule has 0 atom stereocenters. The van der Waals surface area contributed by atoms with Gasteiger partial charge in [-0.15, -0.1) is 0 Å². The van der Waals surface area contributed by atoms with Crippen molar-refractivity contribution >= 4 is 28.9 Å². The van der Waals surface area contributed by atoms with Crippen molar-refractivity contribution in [3.05, 3.63) is 59.1 Å². The average Bonchev–Trinajstić information content (AvgIpc) is 2.79. The molecule has 160 valence electrons. The highest BCUT2D eigenvalue weighted by molar-refractivity contribution is 6.31. The standard InChI is InChI=1S/C25H32ClN3O/c26-22-8-6-7-21(19-22)25(30)27-23-9-2-3-10-24(23)29-17-12-20(13-18-29)11-16-28-14-4-1-5-15-28/h2-3,6-10,19-20H,1,4-5,11-18H2,(H,27,30). The van der Waals surface area contributed by atoms with Gasteiger partial charge in [0.2, 0.25) is 0 Å². The highest BCUT2D eigenvalue weighted by Gasteiger charge is 2.22. The van der Waals surface area contributed by atoms with E-state index >= 15 is 0 Å². The van der Waals surface area contributed by atoms with Crippen LogP contribution < -0.4 is 10.2 Å². The Hall–Kier alpha value is -2.04. The van der Waals surface area contributed by atoms with E-state index < -0.39 is 0 Å². The molecule has 1 amide bonds. The van der Waals surface area contributed by atoms with Crippen LogP contribution >= 0.6 is 11.6 Å². The van der Waals surface area contributed by atoms with E-state index in [0.29, 0.717) is 10.6 Å². The smallest absolute Gasteiger partial charge is 0.255 e. The van der Waals surface area contributed by atoms with E-state index in [1.54, 1.807) is 24.3 Å². The van der Waals surface area contributed by atoms with Crippen LogP contribution in [0.25, 0.3) is 0 Å². The van der Waals surface area contributed by atoms with Crippen molar-refractivity contribution in [2.45, 2.75) is 38.5 Å². The van der Waals surface area contributed by atoms with E-state index in [4.69, 9.17) is 11.6 Å². The number of anilines is 2. The molecule has 0 spiro atoms. The highest BCUT2D eigenvalue weighted by Crippen LogP contribution is 2.31. The Bertz CT molecular complexity index is 842. The summed E-state index contributed by atoms with van der Waals surface area (Å²) in [4.78, 5) is 17.8. The average molecular weight is 426 g/mol. The summed E-state index contributed by atoms with van der Waals surface area (Å²) in [6, 6.07) is 15.2. The number of para-hydroxylation sites is 2. The van der Waals surface area contributed by atoms with Crippen molar-refractivity contribution in [3.63, 3.8) is 0 Å². The number of likely N-dealkylation sites (tertiary alicyclic amines) is 1. The van der Waals surface area contributed by atoms with E-state index in [9.17, 15) is 4.79 Å². The molecule has 4 rings (SSSR count). The maximum absolute atomic E-state index is 12.7. The summed E-state index contributed by atoms with van der Waals surface area (Å²) in [6.07, 6.45) is 7.92. The third-order valence-electron chi connectivity index (χ3n) is 6.50. The molecule has 2 aliphatic rings. The van der Waals surface area contributed by atoms with Crippen LogP contribution in [0.1, 0.15) is 48.9 Å². The Morgan fingerprint density at radius 1 is 0.967 bits per heavy atom. The van der Waals surface area contributed by atoms with Crippen LogP contribution in [0.3, 0.4) is 0 Å². The van der Waals surface area contributed by atoms with Crippen LogP contribution in [0.4, 0.5) is 11.4 Å². The Balaban J connectivity index is 1.33. The topological polar surface area (TPSA) is 35.6 Å². The molecule has 0 bridgehead atoms. The number of nitrogens with one attached hydrogen (secondary N) is 1. The van der Waals surface area contributed by atoms with Gasteiger partial charge in [-0.1, -0.05) is 36.2 Å². The molecule has 0 aromatic heterocycles. The molecule has 1 N–H and O–H groups in total. The van der Waals surface area contributed by atoms with Crippen LogP contribution in [0.15, 0.2) is 48.5 Å². The molecule has 4 nitrogen and oxygen atoms in total. The van der Waals surface area contributed by atoms with Crippen molar-refractivity contribution in [3.8, 4) is 0 Å². The van der Waals surface area contributed by atoms with Crippen LogP contribution in [0, 0.1) is 5.92 Å². The summed E-state index contributed by atoms with van der Waals surface area (Å²) in [5.74, 6) is 0.692. The lowest BCUT2D eigenvalue weighted by molar-refractivity contribution is 0.102. The molecular formula is C25H32ClN3O. The summed E-state index contributed by atoms with van der Waals surface area (Å²) < 4.78 is 0. The van der Waals surface area contributed by atoms with E-state index in [-0.39, 0.29) is 5.91 Å². The van der Waals surface area contributed by atoms with Gasteiger partial charge in [0.05, 0.1) is 11.4 Å². The fourth-order valence-corrected chi connectivity index (χ4v) is 4.88. The molecule has 0 saturated carbocycles. The van der Waals surface area contributed by atoms with Gasteiger partial charge in [-0.05, 0) is 88.0 Å². The molecule has 2 aromatic rings. The molecular weight excluding hydrogens is 394 g/mol. The maximum atomic E-state index is 12.7. The largest absolute Gasteiger partial charge is 0.370 e. The first-order valence-corrected chi connectivity index (χ1v) is 11.7. The molecule has 0 radical (unpaired) electrons. The van der Waals surface area contributed by atoms with E-state index in [0.717, 1.165) is 30.4 Å². The van der Waals surface area contributed by atoms with E-state index in [1.807, 2.05) is 18.2 Å². The number of amides is 1. The van der Waals surface area contributed by atoms with Crippen LogP contribution in [0.5, 0.6) is 0 Å². The lowest BCUT2D eigenvalue weighted by Gasteiger charge is -2.36. The number of nitrogens with zero attached hydrogens (tertiary/aromatic N) is 2. The summed E-state index contributed by atoms with van der Waals surface area (Å²) in [5, 5.41) is 3.66. The predicted octanol–water partition coefficient (Wildman–Crippen LogP) is 5.68. The predicted molar refractivity (Wildman–Crippen MR) is 126 cm³/mol. The highest BCUT2D eigenvalue weighted by atomic mass is 35.5. The van der Waals surface area contributed by atoms with Gasteiger partial charge in [0, 0.05) is 23.7 Å². The molecule has 2 fully saturated rings. The monoisotopic (exact) mass is 425 g/mol. The first-order valence-electron chi connectivity index (χ1n) is 11.3. The Labute approximate surface area is 185 Å². The molecule has 2 aliphatic heterocycles. The zero-order chi connectivity index (χ0) is 20.8. The lowest BCUT2D eigenvalue weighted by atomic mass is 9.92. The van der Waals surface area contributed by atoms with Crippen molar-refractivity contribution in [1.82, 2.24) is 4.90 Å². The Kier molecular flexibility index (Phi) is 7.29. The van der Waals surface area contributed by atoms with Crippen molar-refractivity contribution in [2.24, 2.45) is 5.92 Å². The number of rotatable bonds is 6. The number of benzene rings is 2. The minimum absolute atomic E-state index is 0.124. The molecule has 30 heavy (non-hydrogen) atoms. The van der Waals surface area contributed by atoms with Crippen LogP contribution in [0.2, 0.25) is 5.02 Å². The van der Waals surface area contributed by atoms with Gasteiger partial charge in [0.15, 0.2) is 0 Å². The number of carbonyl (C=O) groups is 1. The van der Waals surface area contributed by atoms with Crippen molar-refractivity contribution in [2.75, 3.05) is 42.9 Å². The Morgan fingerprint density at radius 2 is 1.73 bits per heavy atom. The van der Waals surface area contributed by atoms with Gasteiger partial charge in [0.1, 0.15) is 0 Å². The summed E-state index contributed by atoms with van der Waals surface area (Å²) in [6.45, 7) is 5.94. The fourth-order valence-electron chi connectivity index (χ4n) is 4.69. The summed E-state index contributed by atoms with van der Waals surface area (Å²) in [7, 11) is 0. The third-order valence-corrected chi connectivity index (χ3v) is 6.73. The number of piperidine rings is 2. The van der Waals surface area contributed by atoms with Gasteiger partial charge in [-0.2, -0.15) is 0 Å². The zero-order valence-corrected chi connectivity index (χ0v) is 18.4. The van der Waals surface area contributed by atoms with Gasteiger partial charge in [-0.3, -0.25) is 4.79 Å². The lowest BCUT2D eigenvalue weighted by Crippen LogP contribution is -2.36. The van der Waals surface area contributed by atoms with Crippen molar-refractivity contribution in [1.29, 1.82) is 0 Å². The number of carbonyl (C=O) groups excluding carboxylic acids is 1.